The van der Waals surface area contributed by atoms with E-state index in [1.807, 2.05) is 36.6 Å². The van der Waals surface area contributed by atoms with E-state index in [1.54, 1.807) is 0 Å². The standard InChI is InChI=1S/C14H20OS/c1-4-5-6-13(3)11-16(15)14-9-7-12(2)8-10-14/h7-11H,4-6H2,1-3H3/b13-11-. The van der Waals surface area contributed by atoms with E-state index in [-0.39, 0.29) is 0 Å². The van der Waals surface area contributed by atoms with Crippen LogP contribution in [0.4, 0.5) is 0 Å². The quantitative estimate of drug-likeness (QED) is 0.749. The minimum Gasteiger partial charge on any atom is -0.250 e. The van der Waals surface area contributed by atoms with Crippen LogP contribution in [0.15, 0.2) is 40.1 Å². The Labute approximate surface area is 101 Å². The summed E-state index contributed by atoms with van der Waals surface area (Å²) in [6, 6.07) is 7.88. The molecule has 0 heterocycles. The van der Waals surface area contributed by atoms with Crippen LogP contribution in [-0.4, -0.2) is 4.21 Å². The van der Waals surface area contributed by atoms with Gasteiger partial charge in [0, 0.05) is 10.3 Å². The lowest BCUT2D eigenvalue weighted by Crippen LogP contribution is -1.89. The summed E-state index contributed by atoms with van der Waals surface area (Å²) in [5.41, 5.74) is 2.42. The predicted molar refractivity (Wildman–Crippen MR) is 70.9 cm³/mol. The van der Waals surface area contributed by atoms with Gasteiger partial charge in [0.2, 0.25) is 0 Å². The molecular formula is C14H20OS. The zero-order valence-corrected chi connectivity index (χ0v) is 11.1. The van der Waals surface area contributed by atoms with Gasteiger partial charge in [-0.3, -0.25) is 0 Å². The number of aryl methyl sites for hydroxylation is 1. The summed E-state index contributed by atoms with van der Waals surface area (Å²) in [4.78, 5) is 0.890. The molecule has 0 saturated heterocycles. The van der Waals surface area contributed by atoms with Gasteiger partial charge in [0.1, 0.15) is 0 Å². The number of allylic oxidation sites excluding steroid dienone is 1. The summed E-state index contributed by atoms with van der Waals surface area (Å²) in [5.74, 6) is 0. The van der Waals surface area contributed by atoms with Crippen LogP contribution >= 0.6 is 0 Å². The largest absolute Gasteiger partial charge is 0.250 e. The predicted octanol–water partition coefficient (Wildman–Crippen LogP) is 4.20. The molecule has 1 aromatic carbocycles. The number of rotatable bonds is 5. The monoisotopic (exact) mass is 236 g/mol. The first-order valence-corrected chi connectivity index (χ1v) is 6.99. The highest BCUT2D eigenvalue weighted by atomic mass is 32.2. The van der Waals surface area contributed by atoms with Gasteiger partial charge in [0.15, 0.2) is 0 Å². The van der Waals surface area contributed by atoms with Gasteiger partial charge in [-0.15, -0.1) is 0 Å². The van der Waals surface area contributed by atoms with Crippen molar-refractivity contribution >= 4 is 10.8 Å². The molecular weight excluding hydrogens is 216 g/mol. The van der Waals surface area contributed by atoms with Crippen molar-refractivity contribution < 1.29 is 4.21 Å². The Morgan fingerprint density at radius 3 is 2.50 bits per heavy atom. The van der Waals surface area contributed by atoms with Crippen molar-refractivity contribution in [2.45, 2.75) is 44.9 Å². The first kappa shape index (κ1) is 13.2. The number of hydrogen-bond acceptors (Lipinski definition) is 1. The Bertz CT molecular complexity index is 376. The van der Waals surface area contributed by atoms with E-state index in [4.69, 9.17) is 0 Å². The molecule has 0 aliphatic carbocycles. The van der Waals surface area contributed by atoms with Crippen molar-refractivity contribution in [1.29, 1.82) is 0 Å². The molecule has 0 radical (unpaired) electrons. The van der Waals surface area contributed by atoms with Gasteiger partial charge in [0.25, 0.3) is 0 Å². The molecule has 0 aliphatic heterocycles. The van der Waals surface area contributed by atoms with Crippen LogP contribution in [0.5, 0.6) is 0 Å². The topological polar surface area (TPSA) is 17.1 Å². The van der Waals surface area contributed by atoms with Crippen LogP contribution in [0.2, 0.25) is 0 Å². The van der Waals surface area contributed by atoms with E-state index in [9.17, 15) is 4.21 Å². The molecule has 0 fully saturated rings. The Morgan fingerprint density at radius 1 is 1.31 bits per heavy atom. The van der Waals surface area contributed by atoms with Gasteiger partial charge in [0.05, 0.1) is 10.8 Å². The lowest BCUT2D eigenvalue weighted by molar-refractivity contribution is 0.688. The second-order valence-electron chi connectivity index (χ2n) is 4.18. The highest BCUT2D eigenvalue weighted by Crippen LogP contribution is 2.13. The Balaban J connectivity index is 2.67. The second-order valence-corrected chi connectivity index (χ2v) is 5.48. The molecule has 1 unspecified atom stereocenters. The first-order chi connectivity index (χ1) is 7.63. The van der Waals surface area contributed by atoms with Crippen molar-refractivity contribution in [2.75, 3.05) is 0 Å². The van der Waals surface area contributed by atoms with Crippen LogP contribution in [-0.2, 0) is 10.8 Å². The van der Waals surface area contributed by atoms with E-state index in [0.717, 1.165) is 11.3 Å². The fraction of sp³-hybridized carbons (Fsp3) is 0.429. The van der Waals surface area contributed by atoms with E-state index in [1.165, 1.54) is 24.0 Å². The SMILES string of the molecule is CCCC/C(C)=C\S(=O)c1ccc(C)cc1. The van der Waals surface area contributed by atoms with Gasteiger partial charge < -0.3 is 0 Å². The van der Waals surface area contributed by atoms with E-state index >= 15 is 0 Å². The lowest BCUT2D eigenvalue weighted by Gasteiger charge is -2.01. The summed E-state index contributed by atoms with van der Waals surface area (Å²) in [6.07, 6.45) is 3.41. The third kappa shape index (κ3) is 4.31. The molecule has 0 N–H and O–H groups in total. The molecule has 0 aliphatic rings. The molecule has 0 amide bonds. The molecule has 0 bridgehead atoms. The third-order valence-corrected chi connectivity index (χ3v) is 3.84. The minimum absolute atomic E-state index is 0.890. The van der Waals surface area contributed by atoms with Gasteiger partial charge in [-0.25, -0.2) is 4.21 Å². The molecule has 0 spiro atoms. The highest BCUT2D eigenvalue weighted by molar-refractivity contribution is 7.88. The number of hydrogen-bond donors (Lipinski definition) is 0. The Hall–Kier alpha value is -0.890. The van der Waals surface area contributed by atoms with Crippen LogP contribution in [0.3, 0.4) is 0 Å². The van der Waals surface area contributed by atoms with E-state index in [0.29, 0.717) is 0 Å². The molecule has 1 nitrogen and oxygen atoms in total. The van der Waals surface area contributed by atoms with Crippen LogP contribution in [0, 0.1) is 6.92 Å². The molecule has 1 atom stereocenters. The average molecular weight is 236 g/mol. The maximum atomic E-state index is 12.0. The van der Waals surface area contributed by atoms with Crippen LogP contribution in [0.1, 0.15) is 38.7 Å². The van der Waals surface area contributed by atoms with Crippen LogP contribution < -0.4 is 0 Å². The van der Waals surface area contributed by atoms with E-state index < -0.39 is 10.8 Å². The first-order valence-electron chi connectivity index (χ1n) is 5.78. The molecule has 16 heavy (non-hydrogen) atoms. The highest BCUT2D eigenvalue weighted by Gasteiger charge is 2.00. The van der Waals surface area contributed by atoms with Crippen molar-refractivity contribution in [3.63, 3.8) is 0 Å². The zero-order chi connectivity index (χ0) is 12.0. The van der Waals surface area contributed by atoms with Crippen molar-refractivity contribution in [1.82, 2.24) is 0 Å². The summed E-state index contributed by atoms with van der Waals surface area (Å²) >= 11 is 0. The molecule has 88 valence electrons. The average Bonchev–Trinajstić information content (AvgIpc) is 2.27. The maximum absolute atomic E-state index is 12.0. The summed E-state index contributed by atoms with van der Waals surface area (Å²) in [6.45, 7) is 6.26. The van der Waals surface area contributed by atoms with Crippen molar-refractivity contribution in [3.05, 3.63) is 40.8 Å². The summed E-state index contributed by atoms with van der Waals surface area (Å²) in [7, 11) is -0.987. The summed E-state index contributed by atoms with van der Waals surface area (Å²) < 4.78 is 12.0. The van der Waals surface area contributed by atoms with Gasteiger partial charge >= 0.3 is 0 Å². The van der Waals surface area contributed by atoms with E-state index in [2.05, 4.69) is 13.8 Å². The van der Waals surface area contributed by atoms with Crippen LogP contribution in [0.25, 0.3) is 0 Å². The number of unbranched alkanes of at least 4 members (excludes halogenated alkanes) is 1. The lowest BCUT2D eigenvalue weighted by atomic mass is 10.2. The van der Waals surface area contributed by atoms with Crippen molar-refractivity contribution in [2.24, 2.45) is 0 Å². The smallest absolute Gasteiger partial charge is 0.0775 e. The second kappa shape index (κ2) is 6.64. The third-order valence-electron chi connectivity index (χ3n) is 2.49. The minimum atomic E-state index is -0.987. The maximum Gasteiger partial charge on any atom is 0.0775 e. The number of benzene rings is 1. The van der Waals surface area contributed by atoms with Crippen molar-refractivity contribution in [3.8, 4) is 0 Å². The normalized spacial score (nSPS) is 13.8. The molecule has 2 heteroatoms. The fourth-order valence-electron chi connectivity index (χ4n) is 1.44. The van der Waals surface area contributed by atoms with Gasteiger partial charge in [-0.2, -0.15) is 0 Å². The fourth-order valence-corrected chi connectivity index (χ4v) is 2.46. The molecule has 1 rings (SSSR count). The summed E-state index contributed by atoms with van der Waals surface area (Å²) in [5, 5.41) is 1.88. The molecule has 1 aromatic rings. The zero-order valence-electron chi connectivity index (χ0n) is 10.3. The van der Waals surface area contributed by atoms with Gasteiger partial charge in [-0.1, -0.05) is 36.6 Å². The molecule has 0 saturated carbocycles. The molecule has 0 aromatic heterocycles. The van der Waals surface area contributed by atoms with Gasteiger partial charge in [-0.05, 0) is 38.8 Å². The Kier molecular flexibility index (Phi) is 5.47. The Morgan fingerprint density at radius 2 is 1.94 bits per heavy atom.